The number of benzene rings is 2. The molecular formula is C21H26O7. The van der Waals surface area contributed by atoms with Gasteiger partial charge >= 0.3 is 0 Å². The highest BCUT2D eigenvalue weighted by Crippen LogP contribution is 2.34. The van der Waals surface area contributed by atoms with E-state index in [0.29, 0.717) is 5.75 Å². The maximum Gasteiger partial charge on any atom is 0.231 e. The lowest BCUT2D eigenvalue weighted by Gasteiger charge is -2.45. The number of ether oxygens (including phenoxy) is 2. The van der Waals surface area contributed by atoms with Crippen LogP contribution in [0.2, 0.25) is 0 Å². The number of aromatic hydroxyl groups is 1. The Kier molecular flexibility index (Phi) is 5.65. The minimum absolute atomic E-state index is 0.233. The summed E-state index contributed by atoms with van der Waals surface area (Å²) in [5.41, 5.74) is 1.52. The molecule has 1 saturated heterocycles. The Labute approximate surface area is 163 Å². The van der Waals surface area contributed by atoms with E-state index in [1.807, 2.05) is 38.1 Å². The molecule has 3 rings (SSSR count). The molecule has 152 valence electrons. The molecule has 0 radical (unpaired) electrons. The highest BCUT2D eigenvalue weighted by Gasteiger charge is 2.53. The molecule has 1 heterocycles. The van der Waals surface area contributed by atoms with E-state index in [4.69, 9.17) is 9.47 Å². The zero-order valence-electron chi connectivity index (χ0n) is 16.0. The van der Waals surface area contributed by atoms with Crippen LogP contribution >= 0.6 is 0 Å². The number of phenolic OH excluding ortho intramolecular Hbond substituents is 1. The van der Waals surface area contributed by atoms with Crippen molar-refractivity contribution in [3.63, 3.8) is 0 Å². The zero-order valence-corrected chi connectivity index (χ0v) is 16.0. The van der Waals surface area contributed by atoms with Crippen molar-refractivity contribution in [3.05, 3.63) is 47.5 Å². The second kappa shape index (κ2) is 7.69. The van der Waals surface area contributed by atoms with Crippen molar-refractivity contribution < 1.29 is 35.0 Å². The van der Waals surface area contributed by atoms with Gasteiger partial charge in [-0.25, -0.2) is 0 Å². The fourth-order valence-electron chi connectivity index (χ4n) is 3.28. The summed E-state index contributed by atoms with van der Waals surface area (Å²) < 4.78 is 11.3. The Morgan fingerprint density at radius 3 is 2.21 bits per heavy atom. The summed E-state index contributed by atoms with van der Waals surface area (Å²) in [5.74, 6) is 0.668. The number of phenols is 1. The SMILES string of the molecule is Cc1cc(-c2ccc(OC3O[C@H](CO)[C@@H](O)[C@H](O)[C@]3(C)O)c(C)c2)ccc1O. The maximum absolute atomic E-state index is 10.6. The molecule has 1 aliphatic rings. The van der Waals surface area contributed by atoms with Crippen molar-refractivity contribution >= 4 is 0 Å². The first-order valence-electron chi connectivity index (χ1n) is 9.07. The molecule has 1 aliphatic heterocycles. The predicted molar refractivity (Wildman–Crippen MR) is 102 cm³/mol. The monoisotopic (exact) mass is 390 g/mol. The van der Waals surface area contributed by atoms with E-state index < -0.39 is 36.8 Å². The van der Waals surface area contributed by atoms with Gasteiger partial charge in [-0.05, 0) is 67.3 Å². The molecule has 0 spiro atoms. The van der Waals surface area contributed by atoms with E-state index in [0.717, 1.165) is 22.3 Å². The molecule has 0 bridgehead atoms. The van der Waals surface area contributed by atoms with Gasteiger partial charge in [-0.3, -0.25) is 0 Å². The van der Waals surface area contributed by atoms with Gasteiger partial charge in [-0.1, -0.05) is 12.1 Å². The van der Waals surface area contributed by atoms with Crippen molar-refractivity contribution in [2.45, 2.75) is 51.0 Å². The van der Waals surface area contributed by atoms with Crippen LogP contribution < -0.4 is 4.74 Å². The van der Waals surface area contributed by atoms with Crippen LogP contribution in [0.25, 0.3) is 11.1 Å². The van der Waals surface area contributed by atoms with Crippen molar-refractivity contribution in [2.24, 2.45) is 0 Å². The maximum atomic E-state index is 10.6. The number of hydrogen-bond donors (Lipinski definition) is 5. The third-order valence-corrected chi connectivity index (χ3v) is 5.20. The van der Waals surface area contributed by atoms with Crippen LogP contribution in [-0.2, 0) is 4.74 Å². The van der Waals surface area contributed by atoms with Crippen LogP contribution in [0.1, 0.15) is 18.1 Å². The Bertz CT molecular complexity index is 849. The van der Waals surface area contributed by atoms with Crippen LogP contribution in [0.4, 0.5) is 0 Å². The summed E-state index contributed by atoms with van der Waals surface area (Å²) in [4.78, 5) is 0. The quantitative estimate of drug-likeness (QED) is 0.533. The average molecular weight is 390 g/mol. The van der Waals surface area contributed by atoms with Gasteiger partial charge in [0.1, 0.15) is 29.8 Å². The molecule has 0 amide bonds. The lowest BCUT2D eigenvalue weighted by molar-refractivity contribution is -0.314. The largest absolute Gasteiger partial charge is 0.508 e. The number of aliphatic hydroxyl groups excluding tert-OH is 3. The molecule has 28 heavy (non-hydrogen) atoms. The van der Waals surface area contributed by atoms with Gasteiger partial charge in [0.25, 0.3) is 0 Å². The van der Waals surface area contributed by atoms with Crippen LogP contribution in [-0.4, -0.2) is 62.3 Å². The third kappa shape index (κ3) is 3.72. The van der Waals surface area contributed by atoms with Crippen LogP contribution in [0.15, 0.2) is 36.4 Å². The Morgan fingerprint density at radius 2 is 1.64 bits per heavy atom. The first-order chi connectivity index (χ1) is 13.1. The highest BCUT2D eigenvalue weighted by atomic mass is 16.7. The number of aliphatic hydroxyl groups is 4. The molecule has 1 fully saturated rings. The summed E-state index contributed by atoms with van der Waals surface area (Å²) in [6.45, 7) is 4.44. The van der Waals surface area contributed by atoms with Crippen molar-refractivity contribution in [1.29, 1.82) is 0 Å². The summed E-state index contributed by atoms with van der Waals surface area (Å²) in [5, 5.41) is 49.7. The first-order valence-corrected chi connectivity index (χ1v) is 9.07. The van der Waals surface area contributed by atoms with Crippen molar-refractivity contribution in [2.75, 3.05) is 6.61 Å². The van der Waals surface area contributed by atoms with E-state index in [1.54, 1.807) is 12.1 Å². The molecule has 7 nitrogen and oxygen atoms in total. The molecule has 5 N–H and O–H groups in total. The van der Waals surface area contributed by atoms with Crippen molar-refractivity contribution in [3.8, 4) is 22.6 Å². The van der Waals surface area contributed by atoms with Gasteiger partial charge in [0, 0.05) is 0 Å². The number of hydrogen-bond acceptors (Lipinski definition) is 7. The smallest absolute Gasteiger partial charge is 0.231 e. The second-order valence-corrected chi connectivity index (χ2v) is 7.45. The van der Waals surface area contributed by atoms with E-state index >= 15 is 0 Å². The molecule has 7 heteroatoms. The Morgan fingerprint density at radius 1 is 1.04 bits per heavy atom. The van der Waals surface area contributed by atoms with Crippen molar-refractivity contribution in [1.82, 2.24) is 0 Å². The fraction of sp³-hybridized carbons (Fsp3) is 0.429. The van der Waals surface area contributed by atoms with Gasteiger partial charge in [0.15, 0.2) is 5.60 Å². The van der Waals surface area contributed by atoms with Crippen LogP contribution in [0.3, 0.4) is 0 Å². The first kappa shape index (κ1) is 20.6. The third-order valence-electron chi connectivity index (χ3n) is 5.20. The summed E-state index contributed by atoms with van der Waals surface area (Å²) in [6, 6.07) is 10.8. The lowest BCUT2D eigenvalue weighted by Crippen LogP contribution is -2.66. The highest BCUT2D eigenvalue weighted by molar-refractivity contribution is 5.67. The minimum Gasteiger partial charge on any atom is -0.508 e. The van der Waals surface area contributed by atoms with E-state index in [9.17, 15) is 25.5 Å². The van der Waals surface area contributed by atoms with Gasteiger partial charge < -0.3 is 35.0 Å². The van der Waals surface area contributed by atoms with Gasteiger partial charge in [0.2, 0.25) is 6.29 Å². The normalized spacial score (nSPS) is 30.2. The van der Waals surface area contributed by atoms with Gasteiger partial charge in [0.05, 0.1) is 6.61 Å². The molecular weight excluding hydrogens is 364 g/mol. The summed E-state index contributed by atoms with van der Waals surface area (Å²) in [7, 11) is 0. The molecule has 0 aliphatic carbocycles. The number of aryl methyl sites for hydroxylation is 2. The fourth-order valence-corrected chi connectivity index (χ4v) is 3.28. The predicted octanol–water partition coefficient (Wildman–Crippen LogP) is 1.24. The molecule has 2 aromatic carbocycles. The van der Waals surface area contributed by atoms with E-state index in [1.165, 1.54) is 6.92 Å². The molecule has 0 aromatic heterocycles. The zero-order chi connectivity index (χ0) is 20.6. The second-order valence-electron chi connectivity index (χ2n) is 7.45. The minimum atomic E-state index is -1.87. The lowest BCUT2D eigenvalue weighted by atomic mass is 9.88. The summed E-state index contributed by atoms with van der Waals surface area (Å²) in [6.07, 6.45) is -5.31. The molecule has 0 saturated carbocycles. The topological polar surface area (TPSA) is 120 Å². The molecule has 1 unspecified atom stereocenters. The molecule has 2 aromatic rings. The summed E-state index contributed by atoms with van der Waals surface area (Å²) >= 11 is 0. The molecule has 5 atom stereocenters. The number of rotatable bonds is 4. The van der Waals surface area contributed by atoms with Crippen LogP contribution in [0, 0.1) is 13.8 Å². The average Bonchev–Trinajstić information content (AvgIpc) is 2.66. The van der Waals surface area contributed by atoms with Gasteiger partial charge in [-0.2, -0.15) is 0 Å². The standard InChI is InChI=1S/C21H26O7/c1-11-8-13(4-6-15(11)23)14-5-7-16(12(2)9-14)27-20-21(3,26)19(25)18(24)17(10-22)28-20/h4-9,17-20,22-26H,10H2,1-3H3/t17-,18-,19+,20?,21+/m1/s1. The Balaban J connectivity index is 1.85. The van der Waals surface area contributed by atoms with E-state index in [2.05, 4.69) is 0 Å². The van der Waals surface area contributed by atoms with E-state index in [-0.39, 0.29) is 5.75 Å². The Hall–Kier alpha value is -2.16. The van der Waals surface area contributed by atoms with Gasteiger partial charge in [-0.15, -0.1) is 0 Å². The van der Waals surface area contributed by atoms with Crippen LogP contribution in [0.5, 0.6) is 11.5 Å².